The summed E-state index contributed by atoms with van der Waals surface area (Å²) in [6.07, 6.45) is 0.109. The smallest absolute Gasteiger partial charge is 0.252 e. The Morgan fingerprint density at radius 2 is 1.73 bits per heavy atom. The van der Waals surface area contributed by atoms with Crippen LogP contribution in [0.2, 0.25) is 0 Å². The lowest BCUT2D eigenvalue weighted by Crippen LogP contribution is -2.49. The molecule has 0 aromatic rings. The molecule has 15 heavy (non-hydrogen) atoms. The third-order valence-corrected chi connectivity index (χ3v) is 3.57. The van der Waals surface area contributed by atoms with Crippen molar-refractivity contribution in [1.82, 2.24) is 9.80 Å². The van der Waals surface area contributed by atoms with E-state index in [4.69, 9.17) is 0 Å². The van der Waals surface area contributed by atoms with Crippen LogP contribution in [-0.2, 0) is 0 Å². The molecule has 0 bridgehead atoms. The normalized spacial score (nSPS) is 32.2. The molecule has 1 aliphatic carbocycles. The van der Waals surface area contributed by atoms with Crippen molar-refractivity contribution in [2.45, 2.75) is 32.2 Å². The second kappa shape index (κ2) is 3.98. The molecule has 0 spiro atoms. The highest BCUT2D eigenvalue weighted by atomic mass is 19.3. The van der Waals surface area contributed by atoms with Crippen LogP contribution < -0.4 is 0 Å². The molecule has 1 saturated carbocycles. The molecule has 0 aromatic heterocycles. The summed E-state index contributed by atoms with van der Waals surface area (Å²) >= 11 is 0. The lowest BCUT2D eigenvalue weighted by Gasteiger charge is -2.36. The van der Waals surface area contributed by atoms with Crippen LogP contribution in [0.4, 0.5) is 8.78 Å². The molecule has 2 rings (SSSR count). The summed E-state index contributed by atoms with van der Waals surface area (Å²) in [6, 6.07) is 0.578. The van der Waals surface area contributed by atoms with Crippen molar-refractivity contribution in [3.05, 3.63) is 0 Å². The van der Waals surface area contributed by atoms with Gasteiger partial charge in [0.05, 0.1) is 0 Å². The molecule has 0 amide bonds. The molecule has 2 aliphatic rings. The van der Waals surface area contributed by atoms with E-state index in [-0.39, 0.29) is 12.3 Å². The molecule has 0 N–H and O–H groups in total. The maximum absolute atomic E-state index is 12.7. The SMILES string of the molecule is CC(C)N1CCN(CC2CC2(F)F)CC1. The van der Waals surface area contributed by atoms with Gasteiger partial charge in [0.2, 0.25) is 0 Å². The van der Waals surface area contributed by atoms with Crippen LogP contribution in [0.5, 0.6) is 0 Å². The molecule has 88 valence electrons. The van der Waals surface area contributed by atoms with E-state index in [1.165, 1.54) is 0 Å². The van der Waals surface area contributed by atoms with Gasteiger partial charge in [-0.2, -0.15) is 0 Å². The van der Waals surface area contributed by atoms with Gasteiger partial charge in [0, 0.05) is 51.1 Å². The summed E-state index contributed by atoms with van der Waals surface area (Å²) in [7, 11) is 0. The number of rotatable bonds is 3. The molecule has 1 aliphatic heterocycles. The minimum absolute atomic E-state index is 0.109. The van der Waals surface area contributed by atoms with E-state index in [9.17, 15) is 8.78 Å². The van der Waals surface area contributed by atoms with Gasteiger partial charge in [-0.15, -0.1) is 0 Å². The van der Waals surface area contributed by atoms with Gasteiger partial charge in [-0.3, -0.25) is 4.90 Å². The van der Waals surface area contributed by atoms with E-state index in [0.717, 1.165) is 26.2 Å². The van der Waals surface area contributed by atoms with Crippen molar-refractivity contribution in [2.24, 2.45) is 5.92 Å². The second-order valence-corrected chi connectivity index (χ2v) is 5.09. The molecular formula is C11H20F2N2. The van der Waals surface area contributed by atoms with Crippen LogP contribution in [0.1, 0.15) is 20.3 Å². The first-order valence-electron chi connectivity index (χ1n) is 5.83. The summed E-state index contributed by atoms with van der Waals surface area (Å²) in [5.74, 6) is -2.71. The van der Waals surface area contributed by atoms with Crippen LogP contribution in [0.3, 0.4) is 0 Å². The maximum atomic E-state index is 12.7. The van der Waals surface area contributed by atoms with E-state index in [1.54, 1.807) is 0 Å². The quantitative estimate of drug-likeness (QED) is 0.711. The highest BCUT2D eigenvalue weighted by Gasteiger charge is 2.56. The number of piperazine rings is 1. The van der Waals surface area contributed by atoms with Crippen molar-refractivity contribution in [2.75, 3.05) is 32.7 Å². The summed E-state index contributed by atoms with van der Waals surface area (Å²) in [5, 5.41) is 0. The molecule has 0 aromatic carbocycles. The zero-order valence-corrected chi connectivity index (χ0v) is 9.55. The first-order valence-corrected chi connectivity index (χ1v) is 5.83. The molecule has 0 radical (unpaired) electrons. The predicted octanol–water partition coefficient (Wildman–Crippen LogP) is 1.67. The number of hydrogen-bond donors (Lipinski definition) is 0. The van der Waals surface area contributed by atoms with E-state index >= 15 is 0 Å². The molecule has 2 nitrogen and oxygen atoms in total. The van der Waals surface area contributed by atoms with Crippen LogP contribution in [0, 0.1) is 5.92 Å². The molecule has 1 unspecified atom stereocenters. The molecule has 1 atom stereocenters. The van der Waals surface area contributed by atoms with Crippen LogP contribution >= 0.6 is 0 Å². The lowest BCUT2D eigenvalue weighted by molar-refractivity contribution is 0.0675. The minimum atomic E-state index is -2.35. The Labute approximate surface area is 90.2 Å². The van der Waals surface area contributed by atoms with E-state index in [2.05, 4.69) is 23.6 Å². The monoisotopic (exact) mass is 218 g/mol. The topological polar surface area (TPSA) is 6.48 Å². The van der Waals surface area contributed by atoms with Gasteiger partial charge < -0.3 is 4.90 Å². The highest BCUT2D eigenvalue weighted by molar-refractivity contribution is 4.97. The Morgan fingerprint density at radius 3 is 2.13 bits per heavy atom. The van der Waals surface area contributed by atoms with Crippen molar-refractivity contribution in [3.63, 3.8) is 0 Å². The zero-order chi connectivity index (χ0) is 11.1. The Bertz CT molecular complexity index is 223. The first kappa shape index (κ1) is 11.3. The molecule has 1 saturated heterocycles. The second-order valence-electron chi connectivity index (χ2n) is 5.09. The third kappa shape index (κ3) is 2.67. The van der Waals surface area contributed by atoms with E-state index < -0.39 is 5.92 Å². The Balaban J connectivity index is 1.70. The largest absolute Gasteiger partial charge is 0.300 e. The average Bonchev–Trinajstić information content (AvgIpc) is 2.74. The first-order chi connectivity index (χ1) is 6.99. The highest BCUT2D eigenvalue weighted by Crippen LogP contribution is 2.48. The van der Waals surface area contributed by atoms with E-state index in [1.807, 2.05) is 0 Å². The van der Waals surface area contributed by atoms with Crippen LogP contribution in [0.15, 0.2) is 0 Å². The number of alkyl halides is 2. The van der Waals surface area contributed by atoms with Gasteiger partial charge in [-0.1, -0.05) is 0 Å². The molecular weight excluding hydrogens is 198 g/mol. The fraction of sp³-hybridized carbons (Fsp3) is 1.00. The standard InChI is InChI=1S/C11H20F2N2/c1-9(2)15-5-3-14(4-6-15)8-10-7-11(10,12)13/h9-10H,3-8H2,1-2H3. The van der Waals surface area contributed by atoms with Crippen molar-refractivity contribution in [1.29, 1.82) is 0 Å². The Kier molecular flexibility index (Phi) is 2.99. The van der Waals surface area contributed by atoms with Crippen molar-refractivity contribution < 1.29 is 8.78 Å². The van der Waals surface area contributed by atoms with Gasteiger partial charge in [-0.25, -0.2) is 8.78 Å². The average molecular weight is 218 g/mol. The molecule has 4 heteroatoms. The number of halogens is 2. The zero-order valence-electron chi connectivity index (χ0n) is 9.55. The Morgan fingerprint density at radius 1 is 1.20 bits per heavy atom. The van der Waals surface area contributed by atoms with Crippen molar-refractivity contribution in [3.8, 4) is 0 Å². The van der Waals surface area contributed by atoms with Gasteiger partial charge in [0.25, 0.3) is 5.92 Å². The van der Waals surface area contributed by atoms with Crippen molar-refractivity contribution >= 4 is 0 Å². The fourth-order valence-corrected chi connectivity index (χ4v) is 2.24. The van der Waals surface area contributed by atoms with Crippen LogP contribution in [-0.4, -0.2) is 54.5 Å². The Hall–Kier alpha value is -0.220. The maximum Gasteiger partial charge on any atom is 0.252 e. The van der Waals surface area contributed by atoms with Gasteiger partial charge in [0.1, 0.15) is 0 Å². The molecule has 2 fully saturated rings. The van der Waals surface area contributed by atoms with Gasteiger partial charge >= 0.3 is 0 Å². The predicted molar refractivity (Wildman–Crippen MR) is 56.2 cm³/mol. The lowest BCUT2D eigenvalue weighted by atomic mass is 10.2. The number of nitrogens with zero attached hydrogens (tertiary/aromatic N) is 2. The summed E-state index contributed by atoms with van der Waals surface area (Å²) in [4.78, 5) is 4.59. The number of hydrogen-bond acceptors (Lipinski definition) is 2. The minimum Gasteiger partial charge on any atom is -0.300 e. The van der Waals surface area contributed by atoms with E-state index in [0.29, 0.717) is 12.6 Å². The third-order valence-electron chi connectivity index (χ3n) is 3.57. The molecule has 1 heterocycles. The summed E-state index contributed by atoms with van der Waals surface area (Å²) < 4.78 is 25.4. The fourth-order valence-electron chi connectivity index (χ4n) is 2.24. The summed E-state index contributed by atoms with van der Waals surface area (Å²) in [5.41, 5.74) is 0. The summed E-state index contributed by atoms with van der Waals surface area (Å²) in [6.45, 7) is 8.91. The van der Waals surface area contributed by atoms with Gasteiger partial charge in [0.15, 0.2) is 0 Å². The van der Waals surface area contributed by atoms with Gasteiger partial charge in [-0.05, 0) is 13.8 Å². The van der Waals surface area contributed by atoms with Crippen LogP contribution in [0.25, 0.3) is 0 Å².